The van der Waals surface area contributed by atoms with Crippen LogP contribution in [0.25, 0.3) is 0 Å². The molecule has 1 aliphatic rings. The molecule has 2 aromatic rings. The lowest BCUT2D eigenvalue weighted by molar-refractivity contribution is -0.384. The summed E-state index contributed by atoms with van der Waals surface area (Å²) in [4.78, 5) is 18.9. The minimum Gasteiger partial charge on any atom is -0.405 e. The van der Waals surface area contributed by atoms with E-state index in [0.29, 0.717) is 25.0 Å². The number of halogens is 3. The molecule has 0 spiro atoms. The molecule has 1 aromatic carbocycles. The fourth-order valence-electron chi connectivity index (χ4n) is 3.92. The van der Waals surface area contributed by atoms with Crippen LogP contribution >= 0.6 is 0 Å². The van der Waals surface area contributed by atoms with E-state index in [1.807, 2.05) is 0 Å². The van der Waals surface area contributed by atoms with Gasteiger partial charge in [0.15, 0.2) is 0 Å². The van der Waals surface area contributed by atoms with Crippen LogP contribution in [0.2, 0.25) is 0 Å². The third-order valence-electron chi connectivity index (χ3n) is 5.71. The number of nitrogens with zero attached hydrogens (tertiary/aromatic N) is 3. The van der Waals surface area contributed by atoms with Gasteiger partial charge in [0.2, 0.25) is 11.8 Å². The van der Waals surface area contributed by atoms with Crippen molar-refractivity contribution >= 4 is 17.5 Å². The monoisotopic (exact) mass is 498 g/mol. The first-order valence-corrected chi connectivity index (χ1v) is 11.3. The number of para-hydroxylation sites is 1. The number of aliphatic hydroxyl groups excluding tert-OH is 1. The van der Waals surface area contributed by atoms with Gasteiger partial charge >= 0.3 is 12.0 Å². The minimum absolute atomic E-state index is 0.0333. The average molecular weight is 499 g/mol. The molecule has 1 aliphatic carbocycles. The van der Waals surface area contributed by atoms with Gasteiger partial charge in [0.05, 0.1) is 11.0 Å². The van der Waals surface area contributed by atoms with Crippen molar-refractivity contribution in [3.63, 3.8) is 0 Å². The van der Waals surface area contributed by atoms with Crippen LogP contribution in [0.5, 0.6) is 5.75 Å². The summed E-state index contributed by atoms with van der Waals surface area (Å²) < 4.78 is 41.9. The lowest BCUT2D eigenvalue weighted by Crippen LogP contribution is -2.38. The molecule has 3 rings (SSSR count). The first-order chi connectivity index (χ1) is 16.6. The van der Waals surface area contributed by atoms with Crippen molar-refractivity contribution in [1.29, 1.82) is 0 Å². The van der Waals surface area contributed by atoms with Gasteiger partial charge in [0.1, 0.15) is 11.9 Å². The topological polar surface area (TPSA) is 134 Å². The maximum Gasteiger partial charge on any atom is 0.573 e. The van der Waals surface area contributed by atoms with Crippen molar-refractivity contribution in [3.05, 3.63) is 46.1 Å². The standard InChI is InChI=1S/C22H29F3N6O4/c1-14(32)10-26-17-8-6-15(7-9-17)11-27-20-18(31(33)34)13-29-21(30-20)28-12-16-4-2-3-5-19(16)35-22(23,24)25/h2-5,13-15,17,26,32H,6-12H2,1H3,(H2,27,28,29,30)/t14-,15-,17-/m1/s1. The molecule has 0 bridgehead atoms. The predicted molar refractivity (Wildman–Crippen MR) is 123 cm³/mol. The summed E-state index contributed by atoms with van der Waals surface area (Å²) in [6, 6.07) is 5.99. The first kappa shape index (κ1) is 26.4. The first-order valence-electron chi connectivity index (χ1n) is 11.3. The maximum atomic E-state index is 12.6. The second-order valence-electron chi connectivity index (χ2n) is 8.55. The third-order valence-corrected chi connectivity index (χ3v) is 5.71. The van der Waals surface area contributed by atoms with Crippen molar-refractivity contribution in [1.82, 2.24) is 15.3 Å². The molecule has 0 radical (unpaired) electrons. The van der Waals surface area contributed by atoms with E-state index in [9.17, 15) is 28.4 Å². The number of nitro groups is 1. The van der Waals surface area contributed by atoms with Crippen LogP contribution in [0, 0.1) is 16.0 Å². The molecule has 192 valence electrons. The van der Waals surface area contributed by atoms with Crippen LogP contribution in [-0.4, -0.2) is 51.6 Å². The summed E-state index contributed by atoms with van der Waals surface area (Å²) in [5.74, 6) is 0.0240. The van der Waals surface area contributed by atoms with Crippen molar-refractivity contribution in [2.45, 2.75) is 57.7 Å². The third kappa shape index (κ3) is 8.51. The predicted octanol–water partition coefficient (Wildman–Crippen LogP) is 3.84. The number of aliphatic hydroxyl groups is 1. The van der Waals surface area contributed by atoms with Gasteiger partial charge in [-0.15, -0.1) is 13.2 Å². The van der Waals surface area contributed by atoms with Gasteiger partial charge in [-0.1, -0.05) is 18.2 Å². The fraction of sp³-hybridized carbons (Fsp3) is 0.545. The Kier molecular flexibility index (Phi) is 9.04. The zero-order valence-electron chi connectivity index (χ0n) is 19.2. The van der Waals surface area contributed by atoms with E-state index in [2.05, 4.69) is 30.7 Å². The van der Waals surface area contributed by atoms with E-state index in [4.69, 9.17) is 0 Å². The number of aromatic nitrogens is 2. The van der Waals surface area contributed by atoms with Crippen LogP contribution in [0.1, 0.15) is 38.2 Å². The number of hydrogen-bond acceptors (Lipinski definition) is 9. The van der Waals surface area contributed by atoms with E-state index in [0.717, 1.165) is 31.9 Å². The van der Waals surface area contributed by atoms with E-state index in [1.54, 1.807) is 13.0 Å². The Morgan fingerprint density at radius 3 is 2.60 bits per heavy atom. The number of ether oxygens (including phenoxy) is 1. The molecule has 1 fully saturated rings. The molecular formula is C22H29F3N6O4. The molecule has 10 nitrogen and oxygen atoms in total. The molecule has 0 aliphatic heterocycles. The Morgan fingerprint density at radius 2 is 1.94 bits per heavy atom. The Hall–Kier alpha value is -3.19. The van der Waals surface area contributed by atoms with Gasteiger partial charge in [-0.2, -0.15) is 4.98 Å². The molecule has 1 aromatic heterocycles. The summed E-state index contributed by atoms with van der Waals surface area (Å²) in [5.41, 5.74) is -0.0640. The number of anilines is 2. The summed E-state index contributed by atoms with van der Waals surface area (Å²) in [6.45, 7) is 2.69. The molecule has 0 amide bonds. The molecule has 13 heteroatoms. The second kappa shape index (κ2) is 12.0. The lowest BCUT2D eigenvalue weighted by atomic mass is 9.86. The van der Waals surface area contributed by atoms with Crippen LogP contribution in [-0.2, 0) is 6.54 Å². The number of alkyl halides is 3. The fourth-order valence-corrected chi connectivity index (χ4v) is 3.92. The summed E-state index contributed by atoms with van der Waals surface area (Å²) in [5, 5.41) is 30.0. The molecule has 0 saturated heterocycles. The highest BCUT2D eigenvalue weighted by Crippen LogP contribution is 2.29. The van der Waals surface area contributed by atoms with Crippen molar-refractivity contribution < 1.29 is 27.9 Å². The number of nitrogens with one attached hydrogen (secondary N) is 3. The van der Waals surface area contributed by atoms with Gasteiger partial charge in [0.25, 0.3) is 0 Å². The SMILES string of the molecule is C[C@@H](O)CN[C@H]1CC[C@H](CNc2nc(NCc3ccccc3OC(F)(F)F)ncc2[N+](=O)[O-])CC1. The highest BCUT2D eigenvalue weighted by molar-refractivity contribution is 5.57. The van der Waals surface area contributed by atoms with Crippen LogP contribution < -0.4 is 20.7 Å². The Morgan fingerprint density at radius 1 is 1.23 bits per heavy atom. The highest BCUT2D eigenvalue weighted by atomic mass is 19.4. The van der Waals surface area contributed by atoms with Crippen molar-refractivity contribution in [2.24, 2.45) is 5.92 Å². The van der Waals surface area contributed by atoms with Gasteiger partial charge in [-0.05, 0) is 44.6 Å². The Balaban J connectivity index is 1.60. The Bertz CT molecular complexity index is 984. The second-order valence-corrected chi connectivity index (χ2v) is 8.55. The molecular weight excluding hydrogens is 469 g/mol. The summed E-state index contributed by atoms with van der Waals surface area (Å²) >= 11 is 0. The Labute approximate surface area is 200 Å². The molecule has 1 heterocycles. The largest absolute Gasteiger partial charge is 0.573 e. The van der Waals surface area contributed by atoms with Crippen LogP contribution in [0.4, 0.5) is 30.6 Å². The van der Waals surface area contributed by atoms with E-state index >= 15 is 0 Å². The number of rotatable bonds is 11. The maximum absolute atomic E-state index is 12.6. The van der Waals surface area contributed by atoms with E-state index in [1.165, 1.54) is 18.2 Å². The summed E-state index contributed by atoms with van der Waals surface area (Å²) in [7, 11) is 0. The van der Waals surface area contributed by atoms with Gasteiger partial charge in [-0.25, -0.2) is 4.98 Å². The van der Waals surface area contributed by atoms with Gasteiger partial charge in [0, 0.05) is 31.2 Å². The molecule has 1 saturated carbocycles. The molecule has 0 unspecified atom stereocenters. The van der Waals surface area contributed by atoms with Gasteiger partial charge in [-0.3, -0.25) is 10.1 Å². The zero-order valence-corrected chi connectivity index (χ0v) is 19.2. The molecule has 1 atom stereocenters. The lowest BCUT2D eigenvalue weighted by Gasteiger charge is -2.29. The summed E-state index contributed by atoms with van der Waals surface area (Å²) in [6.07, 6.45) is -0.444. The number of benzene rings is 1. The normalized spacial score (nSPS) is 19.1. The average Bonchev–Trinajstić information content (AvgIpc) is 2.80. The zero-order chi connectivity index (χ0) is 25.4. The van der Waals surface area contributed by atoms with Crippen LogP contribution in [0.3, 0.4) is 0 Å². The smallest absolute Gasteiger partial charge is 0.405 e. The number of hydrogen-bond donors (Lipinski definition) is 4. The minimum atomic E-state index is -4.83. The van der Waals surface area contributed by atoms with E-state index in [-0.39, 0.29) is 35.3 Å². The van der Waals surface area contributed by atoms with Crippen LogP contribution in [0.15, 0.2) is 30.5 Å². The van der Waals surface area contributed by atoms with Crippen molar-refractivity contribution in [2.75, 3.05) is 23.7 Å². The van der Waals surface area contributed by atoms with Gasteiger partial charge < -0.3 is 25.8 Å². The molecule has 35 heavy (non-hydrogen) atoms. The quantitative estimate of drug-likeness (QED) is 0.269. The van der Waals surface area contributed by atoms with Crippen molar-refractivity contribution in [3.8, 4) is 5.75 Å². The molecule has 4 N–H and O–H groups in total. The highest BCUT2D eigenvalue weighted by Gasteiger charge is 2.32. The van der Waals surface area contributed by atoms with E-state index < -0.39 is 17.4 Å².